The van der Waals surface area contributed by atoms with E-state index in [1.54, 1.807) is 32.0 Å². The second-order valence-corrected chi connectivity index (χ2v) is 4.67. The molecule has 1 aromatic carbocycles. The number of pyridine rings is 1. The van der Waals surface area contributed by atoms with Crippen LogP contribution in [0.4, 0.5) is 0 Å². The van der Waals surface area contributed by atoms with Gasteiger partial charge in [0.25, 0.3) is 0 Å². The highest BCUT2D eigenvalue weighted by Crippen LogP contribution is 2.29. The summed E-state index contributed by atoms with van der Waals surface area (Å²) >= 11 is 0. The molecule has 0 aliphatic rings. The number of para-hydroxylation sites is 1. The van der Waals surface area contributed by atoms with E-state index in [1.807, 2.05) is 6.07 Å². The third-order valence-corrected chi connectivity index (χ3v) is 3.17. The zero-order valence-corrected chi connectivity index (χ0v) is 12.5. The van der Waals surface area contributed by atoms with Gasteiger partial charge in [-0.1, -0.05) is 19.1 Å². The molecule has 0 spiro atoms. The van der Waals surface area contributed by atoms with Crippen molar-refractivity contribution >= 4 is 22.8 Å². The van der Waals surface area contributed by atoms with Crippen LogP contribution in [0.1, 0.15) is 30.6 Å². The van der Waals surface area contributed by atoms with Crippen molar-refractivity contribution < 1.29 is 19.1 Å². The first kappa shape index (κ1) is 15.9. The van der Waals surface area contributed by atoms with Crippen molar-refractivity contribution in [1.29, 1.82) is 0 Å². The minimum Gasteiger partial charge on any atom is -0.462 e. The molecule has 0 saturated heterocycles. The summed E-state index contributed by atoms with van der Waals surface area (Å²) in [6, 6.07) is 6.33. The SMILES string of the molecule is CCOC(=O)c1cnc2ccccc2c1OC(=O)C(N)CC. The minimum atomic E-state index is -0.748. The van der Waals surface area contributed by atoms with Gasteiger partial charge in [-0.2, -0.15) is 0 Å². The first-order chi connectivity index (χ1) is 10.6. The number of carbonyl (C=O) groups is 2. The van der Waals surface area contributed by atoms with Gasteiger partial charge < -0.3 is 15.2 Å². The fourth-order valence-corrected chi connectivity index (χ4v) is 1.92. The van der Waals surface area contributed by atoms with Gasteiger partial charge in [-0.25, -0.2) is 9.59 Å². The molecule has 1 aromatic heterocycles. The quantitative estimate of drug-likeness (QED) is 0.850. The van der Waals surface area contributed by atoms with Gasteiger partial charge in [0.15, 0.2) is 5.75 Å². The van der Waals surface area contributed by atoms with Crippen LogP contribution >= 0.6 is 0 Å². The molecule has 0 bridgehead atoms. The average Bonchev–Trinajstić information content (AvgIpc) is 2.54. The van der Waals surface area contributed by atoms with Crippen LogP contribution in [0.2, 0.25) is 0 Å². The number of nitrogens with zero attached hydrogens (tertiary/aromatic N) is 1. The maximum atomic E-state index is 12.0. The Balaban J connectivity index is 2.52. The molecule has 1 atom stereocenters. The van der Waals surface area contributed by atoms with E-state index in [4.69, 9.17) is 15.2 Å². The monoisotopic (exact) mass is 302 g/mol. The molecule has 0 saturated carbocycles. The molecule has 2 N–H and O–H groups in total. The van der Waals surface area contributed by atoms with Crippen molar-refractivity contribution in [2.24, 2.45) is 5.73 Å². The normalized spacial score (nSPS) is 12.0. The number of fused-ring (bicyclic) bond motifs is 1. The predicted molar refractivity (Wildman–Crippen MR) is 81.6 cm³/mol. The van der Waals surface area contributed by atoms with Crippen LogP contribution < -0.4 is 10.5 Å². The smallest absolute Gasteiger partial charge is 0.343 e. The number of hydrogen-bond donors (Lipinski definition) is 1. The Morgan fingerprint density at radius 2 is 2.00 bits per heavy atom. The lowest BCUT2D eigenvalue weighted by molar-refractivity contribution is -0.135. The molecule has 116 valence electrons. The van der Waals surface area contributed by atoms with Crippen LogP contribution in [-0.4, -0.2) is 29.6 Å². The number of benzene rings is 1. The summed E-state index contributed by atoms with van der Waals surface area (Å²) < 4.78 is 10.4. The van der Waals surface area contributed by atoms with Gasteiger partial charge in [0.05, 0.1) is 12.1 Å². The van der Waals surface area contributed by atoms with Gasteiger partial charge in [-0.15, -0.1) is 0 Å². The van der Waals surface area contributed by atoms with Crippen LogP contribution in [0.15, 0.2) is 30.5 Å². The second-order valence-electron chi connectivity index (χ2n) is 4.67. The Bertz CT molecular complexity index is 700. The van der Waals surface area contributed by atoms with Crippen LogP contribution in [0.3, 0.4) is 0 Å². The Morgan fingerprint density at radius 1 is 1.27 bits per heavy atom. The third-order valence-electron chi connectivity index (χ3n) is 3.17. The van der Waals surface area contributed by atoms with Crippen molar-refractivity contribution in [3.63, 3.8) is 0 Å². The van der Waals surface area contributed by atoms with E-state index in [0.29, 0.717) is 17.3 Å². The molecule has 0 radical (unpaired) electrons. The molecule has 22 heavy (non-hydrogen) atoms. The maximum Gasteiger partial charge on any atom is 0.343 e. The van der Waals surface area contributed by atoms with Gasteiger partial charge in [-0.05, 0) is 25.5 Å². The van der Waals surface area contributed by atoms with Crippen LogP contribution in [0.5, 0.6) is 5.75 Å². The number of carbonyl (C=O) groups excluding carboxylic acids is 2. The van der Waals surface area contributed by atoms with Crippen molar-refractivity contribution in [3.8, 4) is 5.75 Å². The van der Waals surface area contributed by atoms with E-state index in [1.165, 1.54) is 6.20 Å². The van der Waals surface area contributed by atoms with Crippen LogP contribution in [0, 0.1) is 0 Å². The predicted octanol–water partition coefficient (Wildman–Crippen LogP) is 2.05. The third kappa shape index (κ3) is 3.23. The molecule has 2 aromatic rings. The van der Waals surface area contributed by atoms with E-state index in [-0.39, 0.29) is 17.9 Å². The molecule has 0 amide bonds. The van der Waals surface area contributed by atoms with E-state index in [2.05, 4.69) is 4.98 Å². The molecular weight excluding hydrogens is 284 g/mol. The number of esters is 2. The molecule has 6 heteroatoms. The summed E-state index contributed by atoms with van der Waals surface area (Å²) in [7, 11) is 0. The number of aromatic nitrogens is 1. The molecule has 1 heterocycles. The first-order valence-electron chi connectivity index (χ1n) is 7.10. The summed E-state index contributed by atoms with van der Waals surface area (Å²) in [6.07, 6.45) is 1.79. The molecule has 0 aliphatic heterocycles. The van der Waals surface area contributed by atoms with Crippen molar-refractivity contribution in [2.45, 2.75) is 26.3 Å². The topological polar surface area (TPSA) is 91.5 Å². The molecule has 2 rings (SSSR count). The zero-order chi connectivity index (χ0) is 16.1. The van der Waals surface area contributed by atoms with E-state index in [9.17, 15) is 9.59 Å². The molecule has 0 fully saturated rings. The molecule has 0 aliphatic carbocycles. The lowest BCUT2D eigenvalue weighted by atomic mass is 10.1. The summed E-state index contributed by atoms with van der Waals surface area (Å²) in [4.78, 5) is 28.2. The number of nitrogens with two attached hydrogens (primary N) is 1. The minimum absolute atomic E-state index is 0.109. The summed E-state index contributed by atoms with van der Waals surface area (Å²) in [6.45, 7) is 3.70. The lowest BCUT2D eigenvalue weighted by Gasteiger charge is -2.14. The summed E-state index contributed by atoms with van der Waals surface area (Å²) in [5.74, 6) is -1.05. The van der Waals surface area contributed by atoms with Gasteiger partial charge in [0.1, 0.15) is 11.6 Å². The number of ether oxygens (including phenoxy) is 2. The fraction of sp³-hybridized carbons (Fsp3) is 0.312. The maximum absolute atomic E-state index is 12.0. The zero-order valence-electron chi connectivity index (χ0n) is 12.5. The largest absolute Gasteiger partial charge is 0.462 e. The van der Waals surface area contributed by atoms with E-state index < -0.39 is 18.0 Å². The van der Waals surface area contributed by atoms with Gasteiger partial charge >= 0.3 is 11.9 Å². The van der Waals surface area contributed by atoms with Gasteiger partial charge in [0, 0.05) is 11.6 Å². The van der Waals surface area contributed by atoms with Crippen molar-refractivity contribution in [2.75, 3.05) is 6.61 Å². The lowest BCUT2D eigenvalue weighted by Crippen LogP contribution is -2.33. The Labute approximate surface area is 128 Å². The highest BCUT2D eigenvalue weighted by molar-refractivity contribution is 6.01. The Kier molecular flexibility index (Phi) is 5.06. The van der Waals surface area contributed by atoms with E-state index in [0.717, 1.165) is 0 Å². The second kappa shape index (κ2) is 7.00. The standard InChI is InChI=1S/C16H18N2O4/c1-3-12(17)16(20)22-14-10-7-5-6-8-13(10)18-9-11(14)15(19)21-4-2/h5-9,12H,3-4,17H2,1-2H3. The van der Waals surface area contributed by atoms with Crippen LogP contribution in [0.25, 0.3) is 10.9 Å². The molecule has 6 nitrogen and oxygen atoms in total. The summed E-state index contributed by atoms with van der Waals surface area (Å²) in [5, 5.41) is 0.560. The van der Waals surface area contributed by atoms with Crippen molar-refractivity contribution in [3.05, 3.63) is 36.0 Å². The Morgan fingerprint density at radius 3 is 2.68 bits per heavy atom. The number of hydrogen-bond acceptors (Lipinski definition) is 6. The van der Waals surface area contributed by atoms with Gasteiger partial charge in [0.2, 0.25) is 0 Å². The highest BCUT2D eigenvalue weighted by Gasteiger charge is 2.22. The first-order valence-corrected chi connectivity index (χ1v) is 7.10. The Hall–Kier alpha value is -2.47. The van der Waals surface area contributed by atoms with Gasteiger partial charge in [-0.3, -0.25) is 4.98 Å². The van der Waals surface area contributed by atoms with Crippen LogP contribution in [-0.2, 0) is 9.53 Å². The molecular formula is C16H18N2O4. The summed E-state index contributed by atoms with van der Waals surface area (Å²) in [5.41, 5.74) is 6.41. The highest BCUT2D eigenvalue weighted by atomic mass is 16.5. The fourth-order valence-electron chi connectivity index (χ4n) is 1.92. The van der Waals surface area contributed by atoms with E-state index >= 15 is 0 Å². The van der Waals surface area contributed by atoms with Crippen molar-refractivity contribution in [1.82, 2.24) is 4.98 Å². The molecule has 1 unspecified atom stereocenters. The number of rotatable bonds is 5. The average molecular weight is 302 g/mol.